The van der Waals surface area contributed by atoms with E-state index >= 15 is 0 Å². The third kappa shape index (κ3) is 4.03. The predicted molar refractivity (Wildman–Crippen MR) is 123 cm³/mol. The summed E-state index contributed by atoms with van der Waals surface area (Å²) in [6.45, 7) is 1.85. The van der Waals surface area contributed by atoms with E-state index in [0.29, 0.717) is 22.1 Å². The van der Waals surface area contributed by atoms with Gasteiger partial charge in [0.1, 0.15) is 11.5 Å². The first kappa shape index (κ1) is 20.6. The molecule has 7 heteroatoms. The maximum Gasteiger partial charge on any atom is 0.271 e. The summed E-state index contributed by atoms with van der Waals surface area (Å²) in [6.07, 6.45) is 1.53. The van der Waals surface area contributed by atoms with Gasteiger partial charge in [0.15, 0.2) is 7.14 Å². The van der Waals surface area contributed by atoms with Crippen molar-refractivity contribution in [2.75, 3.05) is 5.32 Å². The molecule has 1 unspecified atom stereocenters. The number of furan rings is 1. The van der Waals surface area contributed by atoms with Gasteiger partial charge in [0.2, 0.25) is 0 Å². The van der Waals surface area contributed by atoms with E-state index in [1.54, 1.807) is 18.2 Å². The van der Waals surface area contributed by atoms with E-state index in [4.69, 9.17) is 4.42 Å². The second-order valence-corrected chi connectivity index (χ2v) is 10.0. The molecule has 0 amide bonds. The van der Waals surface area contributed by atoms with E-state index in [9.17, 15) is 14.7 Å². The van der Waals surface area contributed by atoms with E-state index in [2.05, 4.69) is 5.32 Å². The lowest BCUT2D eigenvalue weighted by Gasteiger charge is -2.29. The van der Waals surface area contributed by atoms with Crippen LogP contribution in [-0.4, -0.2) is 4.92 Å². The van der Waals surface area contributed by atoms with Crippen LogP contribution < -0.4 is 15.9 Å². The molecule has 0 aliphatic rings. The number of nitrogens with zero attached hydrogens (tertiary/aromatic N) is 1. The number of hydrogen-bond donors (Lipinski definition) is 1. The zero-order valence-electron chi connectivity index (χ0n) is 16.8. The van der Waals surface area contributed by atoms with Gasteiger partial charge in [-0.1, -0.05) is 66.7 Å². The topological polar surface area (TPSA) is 85.4 Å². The van der Waals surface area contributed by atoms with Gasteiger partial charge in [-0.2, -0.15) is 0 Å². The third-order valence-electron chi connectivity index (χ3n) is 5.18. The lowest BCUT2D eigenvalue weighted by atomic mass is 10.2. The van der Waals surface area contributed by atoms with Gasteiger partial charge in [0.05, 0.1) is 11.2 Å². The van der Waals surface area contributed by atoms with Crippen molar-refractivity contribution < 1.29 is 13.9 Å². The molecule has 1 aromatic heterocycles. The molecular formula is C24H21N2O4P. The van der Waals surface area contributed by atoms with Crippen molar-refractivity contribution in [3.8, 4) is 0 Å². The number of aryl methyl sites for hydroxylation is 1. The molecule has 156 valence electrons. The highest BCUT2D eigenvalue weighted by Gasteiger charge is 2.40. The highest BCUT2D eigenvalue weighted by Crippen LogP contribution is 2.57. The van der Waals surface area contributed by atoms with Crippen LogP contribution in [0, 0.1) is 17.0 Å². The molecule has 0 aliphatic carbocycles. The van der Waals surface area contributed by atoms with Crippen molar-refractivity contribution in [3.05, 3.63) is 119 Å². The van der Waals surface area contributed by atoms with Gasteiger partial charge < -0.3 is 14.3 Å². The molecule has 6 nitrogen and oxygen atoms in total. The number of hydrogen-bond acceptors (Lipinski definition) is 5. The number of non-ortho nitro benzene ring substituents is 1. The number of rotatable bonds is 7. The normalized spacial score (nSPS) is 12.3. The zero-order chi connectivity index (χ0) is 21.8. The van der Waals surface area contributed by atoms with Gasteiger partial charge in [-0.05, 0) is 24.6 Å². The zero-order valence-corrected chi connectivity index (χ0v) is 17.7. The maximum atomic E-state index is 14.9. The molecular weight excluding hydrogens is 411 g/mol. The minimum atomic E-state index is -3.32. The summed E-state index contributed by atoms with van der Waals surface area (Å²) in [5, 5.41) is 16.0. The lowest BCUT2D eigenvalue weighted by molar-refractivity contribution is -0.384. The Morgan fingerprint density at radius 3 is 2.03 bits per heavy atom. The average molecular weight is 432 g/mol. The Kier molecular flexibility index (Phi) is 5.74. The molecule has 3 aromatic carbocycles. The molecule has 0 saturated heterocycles. The van der Waals surface area contributed by atoms with Crippen molar-refractivity contribution in [3.63, 3.8) is 0 Å². The third-order valence-corrected chi connectivity index (χ3v) is 8.42. The van der Waals surface area contributed by atoms with Crippen LogP contribution >= 0.6 is 7.14 Å². The van der Waals surface area contributed by atoms with Gasteiger partial charge in [-0.15, -0.1) is 0 Å². The van der Waals surface area contributed by atoms with Crippen LogP contribution in [0.1, 0.15) is 17.1 Å². The van der Waals surface area contributed by atoms with E-state index in [-0.39, 0.29) is 5.69 Å². The summed E-state index contributed by atoms with van der Waals surface area (Å²) in [5.41, 5.74) is 1.29. The fourth-order valence-corrected chi connectivity index (χ4v) is 6.51. The van der Waals surface area contributed by atoms with E-state index < -0.39 is 17.8 Å². The molecule has 0 fully saturated rings. The Labute approximate surface area is 180 Å². The largest absolute Gasteiger partial charge is 0.467 e. The number of nitro groups is 1. The molecule has 4 aromatic rings. The number of nitrogens with one attached hydrogen (secondary N) is 1. The van der Waals surface area contributed by atoms with Crippen LogP contribution in [0.3, 0.4) is 0 Å². The SMILES string of the molecule is Cc1ccc([N+](=O)[O-])cc1NC(c1ccco1)P(=O)(c1ccccc1)c1ccccc1. The Hall–Kier alpha value is -3.63. The van der Waals surface area contributed by atoms with Gasteiger partial charge in [0.25, 0.3) is 5.69 Å². The smallest absolute Gasteiger partial charge is 0.271 e. The molecule has 31 heavy (non-hydrogen) atoms. The van der Waals surface area contributed by atoms with Gasteiger partial charge in [-0.3, -0.25) is 10.1 Å². The monoisotopic (exact) mass is 432 g/mol. The molecule has 0 radical (unpaired) electrons. The van der Waals surface area contributed by atoms with E-state index in [0.717, 1.165) is 5.56 Å². The van der Waals surface area contributed by atoms with Gasteiger partial charge in [-0.25, -0.2) is 0 Å². The van der Waals surface area contributed by atoms with Crippen molar-refractivity contribution in [2.24, 2.45) is 0 Å². The molecule has 4 rings (SSSR count). The molecule has 0 bridgehead atoms. The molecule has 0 spiro atoms. The first-order valence-corrected chi connectivity index (χ1v) is 11.5. The van der Waals surface area contributed by atoms with Crippen LogP contribution in [0.4, 0.5) is 11.4 Å². The summed E-state index contributed by atoms with van der Waals surface area (Å²) < 4.78 is 20.6. The van der Waals surface area contributed by atoms with Crippen LogP contribution in [0.2, 0.25) is 0 Å². The second kappa shape index (κ2) is 8.62. The molecule has 0 aliphatic heterocycles. The minimum absolute atomic E-state index is 0.0412. The molecule has 1 heterocycles. The first-order chi connectivity index (χ1) is 15.0. The fraction of sp³-hybridized carbons (Fsp3) is 0.0833. The quantitative estimate of drug-likeness (QED) is 0.233. The van der Waals surface area contributed by atoms with Gasteiger partial charge >= 0.3 is 0 Å². The number of anilines is 1. The average Bonchev–Trinajstić information content (AvgIpc) is 3.33. The van der Waals surface area contributed by atoms with Crippen molar-refractivity contribution >= 4 is 29.1 Å². The lowest BCUT2D eigenvalue weighted by Crippen LogP contribution is -2.25. The summed E-state index contributed by atoms with van der Waals surface area (Å²) >= 11 is 0. The van der Waals surface area contributed by atoms with Crippen LogP contribution in [0.25, 0.3) is 0 Å². The summed E-state index contributed by atoms with van der Waals surface area (Å²) in [4.78, 5) is 10.9. The maximum absolute atomic E-state index is 14.9. The summed E-state index contributed by atoms with van der Waals surface area (Å²) in [7, 11) is -3.32. The number of nitro benzene ring substituents is 1. The Balaban J connectivity index is 1.92. The minimum Gasteiger partial charge on any atom is -0.467 e. The molecule has 1 atom stereocenters. The van der Waals surface area contributed by atoms with Gasteiger partial charge in [0, 0.05) is 28.4 Å². The van der Waals surface area contributed by atoms with E-state index in [1.165, 1.54) is 18.4 Å². The second-order valence-electron chi connectivity index (χ2n) is 7.15. The van der Waals surface area contributed by atoms with Crippen LogP contribution in [0.5, 0.6) is 0 Å². The Bertz CT molecular complexity index is 1180. The van der Waals surface area contributed by atoms with Crippen molar-refractivity contribution in [2.45, 2.75) is 12.7 Å². The summed E-state index contributed by atoms with van der Waals surface area (Å²) in [6, 6.07) is 26.6. The van der Waals surface area contributed by atoms with Crippen LogP contribution in [0.15, 0.2) is 102 Å². The Morgan fingerprint density at radius 2 is 1.52 bits per heavy atom. The van der Waals surface area contributed by atoms with Crippen LogP contribution in [-0.2, 0) is 4.57 Å². The summed E-state index contributed by atoms with van der Waals surface area (Å²) in [5.74, 6) is -0.269. The predicted octanol–water partition coefficient (Wildman–Crippen LogP) is 5.62. The molecule has 0 saturated carbocycles. The highest BCUT2D eigenvalue weighted by atomic mass is 31.2. The highest BCUT2D eigenvalue weighted by molar-refractivity contribution is 7.79. The molecule has 1 N–H and O–H groups in total. The van der Waals surface area contributed by atoms with Crippen molar-refractivity contribution in [1.82, 2.24) is 0 Å². The number of benzene rings is 3. The fourth-order valence-electron chi connectivity index (χ4n) is 3.56. The van der Waals surface area contributed by atoms with E-state index in [1.807, 2.05) is 67.6 Å². The van der Waals surface area contributed by atoms with Crippen molar-refractivity contribution in [1.29, 1.82) is 0 Å². The first-order valence-electron chi connectivity index (χ1n) is 9.76. The Morgan fingerprint density at radius 1 is 0.903 bits per heavy atom. The standard InChI is InChI=1S/C24H21N2O4P/c1-18-14-15-19(26(27)28)17-22(18)25-24(23-13-8-16-30-23)31(29,20-9-4-2-5-10-20)21-11-6-3-7-12-21/h2-17,24-25H,1H3.